The number of carbonyl (C=O) groups excluding carboxylic acids is 1. The normalized spacial score (nSPS) is 15.8. The SMILES string of the molecule is O=C(c1ccccc1)N1CC[NH+](Cn2nnc3ccccc32)CC1. The average molecular weight is 322 g/mol. The molecule has 0 unspecified atom stereocenters. The van der Waals surface area contributed by atoms with Crippen LogP contribution < -0.4 is 4.90 Å². The number of fused-ring (bicyclic) bond motifs is 1. The number of hydrogen-bond donors (Lipinski definition) is 1. The second-order valence-corrected chi connectivity index (χ2v) is 6.14. The summed E-state index contributed by atoms with van der Waals surface area (Å²) >= 11 is 0. The number of quaternary nitrogens is 1. The van der Waals surface area contributed by atoms with E-state index in [-0.39, 0.29) is 5.91 Å². The second-order valence-electron chi connectivity index (χ2n) is 6.14. The van der Waals surface area contributed by atoms with Crippen LogP contribution in [0.15, 0.2) is 54.6 Å². The zero-order valence-corrected chi connectivity index (χ0v) is 13.4. The smallest absolute Gasteiger partial charge is 0.254 e. The third-order valence-corrected chi connectivity index (χ3v) is 4.57. The topological polar surface area (TPSA) is 55.5 Å². The number of para-hydroxylation sites is 1. The molecule has 3 aromatic rings. The summed E-state index contributed by atoms with van der Waals surface area (Å²) in [5.74, 6) is 0.126. The van der Waals surface area contributed by atoms with Crippen LogP contribution in [0.25, 0.3) is 11.0 Å². The molecule has 24 heavy (non-hydrogen) atoms. The number of piperazine rings is 1. The molecular weight excluding hydrogens is 302 g/mol. The minimum Gasteiger partial charge on any atom is -0.327 e. The summed E-state index contributed by atoms with van der Waals surface area (Å²) in [6, 6.07) is 17.5. The summed E-state index contributed by atoms with van der Waals surface area (Å²) in [5.41, 5.74) is 2.76. The molecule has 2 aromatic carbocycles. The van der Waals surface area contributed by atoms with Crippen LogP contribution in [0.3, 0.4) is 0 Å². The Morgan fingerprint density at radius 3 is 2.50 bits per heavy atom. The quantitative estimate of drug-likeness (QED) is 0.761. The number of aromatic nitrogens is 3. The van der Waals surface area contributed by atoms with Gasteiger partial charge < -0.3 is 9.80 Å². The van der Waals surface area contributed by atoms with Crippen LogP contribution in [0, 0.1) is 0 Å². The maximum Gasteiger partial charge on any atom is 0.254 e. The summed E-state index contributed by atoms with van der Waals surface area (Å²) in [5, 5.41) is 8.46. The molecule has 1 fully saturated rings. The van der Waals surface area contributed by atoms with E-state index in [1.807, 2.05) is 64.2 Å². The molecule has 1 aliphatic rings. The highest BCUT2D eigenvalue weighted by Crippen LogP contribution is 2.08. The standard InChI is InChI=1S/C18H19N5O/c24-18(15-6-2-1-3-7-15)22-12-10-21(11-13-22)14-23-17-9-5-4-8-16(17)19-20-23/h1-9H,10-14H2/p+1. The van der Waals surface area contributed by atoms with Gasteiger partial charge in [0.1, 0.15) is 5.52 Å². The highest BCUT2D eigenvalue weighted by atomic mass is 16.2. The molecule has 2 heterocycles. The van der Waals surface area contributed by atoms with Crippen LogP contribution in [0.1, 0.15) is 10.4 Å². The molecule has 4 rings (SSSR count). The molecule has 0 aliphatic carbocycles. The Balaban J connectivity index is 1.39. The zero-order chi connectivity index (χ0) is 16.4. The predicted molar refractivity (Wildman–Crippen MR) is 90.6 cm³/mol. The number of amides is 1. The van der Waals surface area contributed by atoms with Crippen molar-refractivity contribution in [2.75, 3.05) is 26.2 Å². The predicted octanol–water partition coefficient (Wildman–Crippen LogP) is 0.430. The van der Waals surface area contributed by atoms with Gasteiger partial charge in [0.15, 0.2) is 6.67 Å². The largest absolute Gasteiger partial charge is 0.327 e. The number of hydrogen-bond acceptors (Lipinski definition) is 3. The maximum absolute atomic E-state index is 12.5. The Morgan fingerprint density at radius 2 is 1.71 bits per heavy atom. The number of carbonyl (C=O) groups is 1. The third kappa shape index (κ3) is 2.88. The summed E-state index contributed by atoms with van der Waals surface area (Å²) < 4.78 is 1.96. The van der Waals surface area contributed by atoms with Crippen LogP contribution in [0.4, 0.5) is 0 Å². The van der Waals surface area contributed by atoms with Crippen molar-refractivity contribution in [2.24, 2.45) is 0 Å². The summed E-state index contributed by atoms with van der Waals surface area (Å²) in [6.45, 7) is 4.18. The molecule has 1 amide bonds. The van der Waals surface area contributed by atoms with E-state index < -0.39 is 0 Å². The molecule has 1 N–H and O–H groups in total. The Hall–Kier alpha value is -2.73. The van der Waals surface area contributed by atoms with Gasteiger partial charge in [0.2, 0.25) is 0 Å². The van der Waals surface area contributed by atoms with Crippen LogP contribution in [0.2, 0.25) is 0 Å². The lowest BCUT2D eigenvalue weighted by molar-refractivity contribution is -0.926. The minimum absolute atomic E-state index is 0.126. The lowest BCUT2D eigenvalue weighted by Crippen LogP contribution is -3.14. The fourth-order valence-electron chi connectivity index (χ4n) is 3.19. The molecule has 0 radical (unpaired) electrons. The molecule has 0 saturated carbocycles. The first-order chi connectivity index (χ1) is 11.8. The van der Waals surface area contributed by atoms with Gasteiger partial charge >= 0.3 is 0 Å². The highest BCUT2D eigenvalue weighted by molar-refractivity contribution is 5.94. The maximum atomic E-state index is 12.5. The molecular formula is C18H20N5O+. The van der Waals surface area contributed by atoms with E-state index in [9.17, 15) is 4.79 Å². The van der Waals surface area contributed by atoms with Gasteiger partial charge in [-0.25, -0.2) is 0 Å². The van der Waals surface area contributed by atoms with Gasteiger partial charge in [0.05, 0.1) is 31.7 Å². The van der Waals surface area contributed by atoms with Crippen LogP contribution >= 0.6 is 0 Å². The fraction of sp³-hybridized carbons (Fsp3) is 0.278. The van der Waals surface area contributed by atoms with Gasteiger partial charge in [-0.2, -0.15) is 4.68 Å². The molecule has 1 aliphatic heterocycles. The van der Waals surface area contributed by atoms with E-state index in [2.05, 4.69) is 10.3 Å². The van der Waals surface area contributed by atoms with E-state index in [1.165, 1.54) is 4.90 Å². The van der Waals surface area contributed by atoms with Gasteiger partial charge in [-0.05, 0) is 24.3 Å². The van der Waals surface area contributed by atoms with E-state index >= 15 is 0 Å². The van der Waals surface area contributed by atoms with Gasteiger partial charge in [-0.3, -0.25) is 4.79 Å². The van der Waals surface area contributed by atoms with Gasteiger partial charge in [-0.15, -0.1) is 5.10 Å². The van der Waals surface area contributed by atoms with Crippen molar-refractivity contribution in [2.45, 2.75) is 6.67 Å². The number of nitrogens with zero attached hydrogens (tertiary/aromatic N) is 4. The van der Waals surface area contributed by atoms with Crippen LogP contribution in [0.5, 0.6) is 0 Å². The molecule has 0 atom stereocenters. The lowest BCUT2D eigenvalue weighted by Gasteiger charge is -2.32. The zero-order valence-electron chi connectivity index (χ0n) is 13.4. The van der Waals surface area contributed by atoms with Crippen LogP contribution in [-0.2, 0) is 6.67 Å². The molecule has 1 saturated heterocycles. The molecule has 0 bridgehead atoms. The van der Waals surface area contributed by atoms with Crippen molar-refractivity contribution < 1.29 is 9.69 Å². The number of benzene rings is 2. The first-order valence-corrected chi connectivity index (χ1v) is 8.27. The van der Waals surface area contributed by atoms with Gasteiger partial charge in [0, 0.05) is 5.56 Å². The summed E-state index contributed by atoms with van der Waals surface area (Å²) in [6.07, 6.45) is 0. The van der Waals surface area contributed by atoms with Crippen LogP contribution in [-0.4, -0.2) is 52.0 Å². The lowest BCUT2D eigenvalue weighted by atomic mass is 10.2. The first-order valence-electron chi connectivity index (χ1n) is 8.27. The van der Waals surface area contributed by atoms with Gasteiger partial charge in [0.25, 0.3) is 5.91 Å². The summed E-state index contributed by atoms with van der Waals surface area (Å²) in [4.78, 5) is 15.8. The van der Waals surface area contributed by atoms with E-state index in [0.29, 0.717) is 0 Å². The molecule has 122 valence electrons. The molecule has 6 nitrogen and oxygen atoms in total. The highest BCUT2D eigenvalue weighted by Gasteiger charge is 2.25. The Morgan fingerprint density at radius 1 is 1.00 bits per heavy atom. The van der Waals surface area contributed by atoms with E-state index in [4.69, 9.17) is 0 Å². The molecule has 0 spiro atoms. The van der Waals surface area contributed by atoms with Crippen molar-refractivity contribution in [1.82, 2.24) is 19.9 Å². The summed E-state index contributed by atoms with van der Waals surface area (Å²) in [7, 11) is 0. The number of nitrogens with one attached hydrogen (secondary N) is 1. The van der Waals surface area contributed by atoms with Crippen molar-refractivity contribution in [1.29, 1.82) is 0 Å². The first kappa shape index (κ1) is 14.8. The van der Waals surface area contributed by atoms with Crippen molar-refractivity contribution in [3.63, 3.8) is 0 Å². The molecule has 6 heteroatoms. The van der Waals surface area contributed by atoms with Gasteiger partial charge in [-0.1, -0.05) is 35.5 Å². The minimum atomic E-state index is 0.126. The van der Waals surface area contributed by atoms with Crippen molar-refractivity contribution >= 4 is 16.9 Å². The van der Waals surface area contributed by atoms with E-state index in [1.54, 1.807) is 0 Å². The third-order valence-electron chi connectivity index (χ3n) is 4.57. The Labute approximate surface area is 140 Å². The molecule has 1 aromatic heterocycles. The van der Waals surface area contributed by atoms with Crippen molar-refractivity contribution in [3.8, 4) is 0 Å². The number of rotatable bonds is 3. The fourth-order valence-corrected chi connectivity index (χ4v) is 3.19. The van der Waals surface area contributed by atoms with E-state index in [0.717, 1.165) is 49.4 Å². The Kier molecular flexibility index (Phi) is 3.96. The Bertz CT molecular complexity index is 837. The monoisotopic (exact) mass is 322 g/mol. The average Bonchev–Trinajstić information content (AvgIpc) is 3.06. The second kappa shape index (κ2) is 6.41. The van der Waals surface area contributed by atoms with Crippen molar-refractivity contribution in [3.05, 3.63) is 60.2 Å².